The van der Waals surface area contributed by atoms with Crippen LogP contribution in [0.15, 0.2) is 161 Å². The Kier molecular flexibility index (Phi) is 9.19. The summed E-state index contributed by atoms with van der Waals surface area (Å²) in [6.07, 6.45) is 1.95. The van der Waals surface area contributed by atoms with Crippen LogP contribution in [0, 0.1) is 19.0 Å². The Bertz CT molecular complexity index is 2560. The summed E-state index contributed by atoms with van der Waals surface area (Å²) in [4.78, 5) is 9.59. The summed E-state index contributed by atoms with van der Waals surface area (Å²) in [6, 6.07) is 55.5. The van der Waals surface area contributed by atoms with Crippen molar-refractivity contribution in [1.82, 2.24) is 4.98 Å². The molecule has 1 unspecified atom stereocenters. The molecule has 6 aromatic carbocycles. The van der Waals surface area contributed by atoms with E-state index in [-0.39, 0.29) is 26.0 Å². The first-order chi connectivity index (χ1) is 26.0. The number of rotatable bonds is 5. The van der Waals surface area contributed by atoms with Gasteiger partial charge in [-0.3, -0.25) is 4.99 Å². The van der Waals surface area contributed by atoms with Gasteiger partial charge < -0.3 is 4.42 Å². The van der Waals surface area contributed by atoms with Gasteiger partial charge in [0.15, 0.2) is 0 Å². The van der Waals surface area contributed by atoms with Crippen LogP contribution >= 0.6 is 0 Å². The predicted octanol–water partition coefficient (Wildman–Crippen LogP) is 11.7. The molecule has 0 bridgehead atoms. The Morgan fingerprint density at radius 2 is 1.46 bits per heavy atom. The van der Waals surface area contributed by atoms with Gasteiger partial charge in [0.25, 0.3) is 0 Å². The molecule has 0 saturated carbocycles. The zero-order valence-electron chi connectivity index (χ0n) is 32.1. The van der Waals surface area contributed by atoms with E-state index in [0.717, 1.165) is 50.2 Å². The Labute approximate surface area is 326 Å². The van der Waals surface area contributed by atoms with E-state index in [2.05, 4.69) is 119 Å². The summed E-state index contributed by atoms with van der Waals surface area (Å²) < 4.78 is 29.7. The minimum atomic E-state index is -2.08. The van der Waals surface area contributed by atoms with E-state index in [9.17, 15) is 0 Å². The summed E-state index contributed by atoms with van der Waals surface area (Å²) in [7, 11) is 0. The molecule has 9 rings (SSSR count). The molecule has 257 valence electrons. The van der Waals surface area contributed by atoms with E-state index >= 15 is 0 Å². The molecule has 3 heterocycles. The van der Waals surface area contributed by atoms with Gasteiger partial charge in [-0.15, -0.1) is 18.2 Å². The maximum Gasteiger partial charge on any atom is 0.120 e. The third-order valence-electron chi connectivity index (χ3n) is 9.43. The van der Waals surface area contributed by atoms with Crippen LogP contribution in [0.1, 0.15) is 32.3 Å². The van der Waals surface area contributed by atoms with Gasteiger partial charge in [-0.25, -0.2) is 0 Å². The van der Waals surface area contributed by atoms with Crippen molar-refractivity contribution in [2.75, 3.05) is 0 Å². The van der Waals surface area contributed by atoms with Crippen molar-refractivity contribution in [3.8, 4) is 22.4 Å². The number of furan rings is 1. The molecule has 0 N–H and O–H groups in total. The molecule has 5 heteroatoms. The summed E-state index contributed by atoms with van der Waals surface area (Å²) in [5.74, 6) is 7.01. The summed E-state index contributed by atoms with van der Waals surface area (Å²) in [6.45, 7) is -2.08. The van der Waals surface area contributed by atoms with Crippen molar-refractivity contribution < 1.29 is 28.6 Å². The van der Waals surface area contributed by atoms with Gasteiger partial charge in [-0.1, -0.05) is 102 Å². The number of aliphatic imine (C=N–C) groups is 1. The standard InChI is InChI=1S/C32H20NO.C15H18GeN.Ir/c1-2-9-21(10-3-1)22-17-19-23(20-18-22)30-26-12-4-6-15-28(26)33-31(30)27-14-8-13-25-24-11-5-7-16-29(24)34-32(25)27;1-12-5-7-13(8-6-12)15-10-9-14(11-17-15)16(2,3)4;/h1-13,15-20,30H;5-7,9-11H,1-4H3;/q2*-1;/i;1D3;. The van der Waals surface area contributed by atoms with Crippen molar-refractivity contribution >= 4 is 51.0 Å². The Balaban J connectivity index is 0.000000191. The minimum Gasteiger partial charge on any atom is -0.501 e. The fraction of sp³-hybridized carbons (Fsp3) is 0.106. The largest absolute Gasteiger partial charge is 0.501 e. The number of fused-ring (bicyclic) bond motifs is 4. The monoisotopic (exact) mass is 916 g/mol. The molecule has 8 aromatic rings. The molecule has 0 aliphatic carbocycles. The maximum atomic E-state index is 7.35. The third-order valence-corrected chi connectivity index (χ3v) is 13.7. The molecule has 1 radical (unpaired) electrons. The van der Waals surface area contributed by atoms with Crippen LogP contribution in [-0.2, 0) is 20.1 Å². The third kappa shape index (κ3) is 7.12. The second-order valence-electron chi connectivity index (χ2n) is 13.8. The molecule has 0 spiro atoms. The molecule has 1 atom stereocenters. The number of hydrogen-bond donors (Lipinski definition) is 0. The molecule has 1 aliphatic heterocycles. The average molecular weight is 915 g/mol. The van der Waals surface area contributed by atoms with Gasteiger partial charge >= 0.3 is 110 Å². The minimum absolute atomic E-state index is 0. The fourth-order valence-electron chi connectivity index (χ4n) is 6.67. The summed E-state index contributed by atoms with van der Waals surface area (Å²) >= 11 is -1.83. The second kappa shape index (κ2) is 15.0. The first-order valence-corrected chi connectivity index (χ1v) is 24.5. The van der Waals surface area contributed by atoms with E-state index < -0.39 is 20.1 Å². The van der Waals surface area contributed by atoms with Crippen molar-refractivity contribution in [2.24, 2.45) is 4.99 Å². The quantitative estimate of drug-likeness (QED) is 0.127. The van der Waals surface area contributed by atoms with Gasteiger partial charge in [0.1, 0.15) is 5.58 Å². The number of aryl methyl sites for hydroxylation is 1. The topological polar surface area (TPSA) is 38.4 Å². The molecular weight excluding hydrogens is 873 g/mol. The summed E-state index contributed by atoms with van der Waals surface area (Å²) in [5.41, 5.74) is 11.5. The zero-order chi connectivity index (χ0) is 37.5. The van der Waals surface area contributed by atoms with E-state index in [1.807, 2.05) is 48.7 Å². The van der Waals surface area contributed by atoms with Gasteiger partial charge in [-0.2, -0.15) is 0 Å². The molecule has 0 fully saturated rings. The molecule has 0 saturated heterocycles. The molecule has 2 aromatic heterocycles. The number of para-hydroxylation sites is 2. The fourth-order valence-corrected chi connectivity index (χ4v) is 8.84. The first kappa shape index (κ1) is 31.8. The van der Waals surface area contributed by atoms with E-state index in [0.29, 0.717) is 5.56 Å². The van der Waals surface area contributed by atoms with E-state index in [1.54, 1.807) is 12.1 Å². The number of aromatic nitrogens is 1. The second-order valence-corrected chi connectivity index (χ2v) is 24.5. The van der Waals surface area contributed by atoms with Crippen molar-refractivity contribution in [2.45, 2.75) is 30.0 Å². The van der Waals surface area contributed by atoms with Crippen LogP contribution in [0.25, 0.3) is 44.3 Å². The SMILES string of the molecule is [2H]C([2H])([2H])c1c[c-]c(-c2cc[c]([Ge]([CH3])([CH3])[CH3])cn2)cc1.[Ir].[c-]1ccc2c(oc3ccccc32)c1C1=Nc2ccccc2C1c1ccc(-c2ccccc2)cc1. The molecular formula is C47H38GeIrN2O-2. The zero-order valence-corrected chi connectivity index (χ0v) is 33.6. The van der Waals surface area contributed by atoms with Crippen LogP contribution < -0.4 is 4.40 Å². The van der Waals surface area contributed by atoms with Crippen LogP contribution in [-0.4, -0.2) is 24.0 Å². The molecule has 0 amide bonds. The first-order valence-electron chi connectivity index (χ1n) is 18.7. The van der Waals surface area contributed by atoms with Gasteiger partial charge in [0.05, 0.1) is 11.3 Å². The van der Waals surface area contributed by atoms with Crippen molar-refractivity contribution in [3.63, 3.8) is 0 Å². The van der Waals surface area contributed by atoms with Gasteiger partial charge in [0, 0.05) is 31.4 Å². The van der Waals surface area contributed by atoms with Crippen LogP contribution in [0.5, 0.6) is 0 Å². The summed E-state index contributed by atoms with van der Waals surface area (Å²) in [5, 5.41) is 2.22. The Hall–Kier alpha value is -4.87. The van der Waals surface area contributed by atoms with Gasteiger partial charge in [-0.05, 0) is 40.1 Å². The number of nitrogens with zero attached hydrogens (tertiary/aromatic N) is 2. The molecule has 52 heavy (non-hydrogen) atoms. The average Bonchev–Trinajstić information content (AvgIpc) is 3.77. The molecule has 1 aliphatic rings. The van der Waals surface area contributed by atoms with Crippen molar-refractivity contribution in [3.05, 3.63) is 186 Å². The molecule has 3 nitrogen and oxygen atoms in total. The van der Waals surface area contributed by atoms with E-state index in [1.165, 1.54) is 32.7 Å². The van der Waals surface area contributed by atoms with Crippen LogP contribution in [0.3, 0.4) is 0 Å². The van der Waals surface area contributed by atoms with Crippen molar-refractivity contribution in [1.29, 1.82) is 0 Å². The van der Waals surface area contributed by atoms with Crippen LogP contribution in [0.2, 0.25) is 17.3 Å². The number of pyridine rings is 1. The van der Waals surface area contributed by atoms with Crippen LogP contribution in [0.4, 0.5) is 5.69 Å². The normalized spacial score (nSPS) is 14.6. The number of hydrogen-bond acceptors (Lipinski definition) is 3. The maximum absolute atomic E-state index is 7.35. The predicted molar refractivity (Wildman–Crippen MR) is 215 cm³/mol. The number of benzene rings is 6. The van der Waals surface area contributed by atoms with Gasteiger partial charge in [0.2, 0.25) is 0 Å². The Morgan fingerprint density at radius 3 is 2.19 bits per heavy atom. The van der Waals surface area contributed by atoms with E-state index in [4.69, 9.17) is 13.5 Å². The smallest absolute Gasteiger partial charge is 0.120 e. The Morgan fingerprint density at radius 1 is 0.712 bits per heavy atom.